The molecule has 5 aliphatic carbocycles. The van der Waals surface area contributed by atoms with E-state index in [0.29, 0.717) is 19.1 Å². The molecule has 0 radical (unpaired) electrons. The van der Waals surface area contributed by atoms with Crippen molar-refractivity contribution in [3.05, 3.63) is 23.3 Å². The summed E-state index contributed by atoms with van der Waals surface area (Å²) >= 11 is 0. The Bertz CT molecular complexity index is 1240. The zero-order valence-corrected chi connectivity index (χ0v) is 26.3. The number of Topliss-reactive ketones (excluding diaryl/α,β-unsaturated/α-hetero) is 1. The van der Waals surface area contributed by atoms with Crippen molar-refractivity contribution < 1.29 is 19.1 Å². The smallest absolute Gasteiger partial charge is 0.407 e. The third kappa shape index (κ3) is 4.43. The lowest BCUT2D eigenvalue weighted by Crippen LogP contribution is -2.64. The molecule has 8 atom stereocenters. The monoisotopic (exact) mass is 562 g/mol. The highest BCUT2D eigenvalue weighted by atomic mass is 16.5. The number of nitrogens with zero attached hydrogens (tertiary/aromatic N) is 1. The second kappa shape index (κ2) is 10.1. The Kier molecular flexibility index (Phi) is 7.40. The van der Waals surface area contributed by atoms with E-state index in [1.165, 1.54) is 0 Å². The van der Waals surface area contributed by atoms with E-state index in [1.807, 2.05) is 26.0 Å². The van der Waals surface area contributed by atoms with Crippen molar-refractivity contribution in [2.45, 2.75) is 106 Å². The third-order valence-corrected chi connectivity index (χ3v) is 13.1. The van der Waals surface area contributed by atoms with Gasteiger partial charge in [0, 0.05) is 23.8 Å². The lowest BCUT2D eigenvalue weighted by atomic mass is 9.34. The molecule has 224 valence electrons. The average Bonchev–Trinajstić information content (AvgIpc) is 2.90. The van der Waals surface area contributed by atoms with Gasteiger partial charge in [0.15, 0.2) is 11.6 Å². The molecule has 3 fully saturated rings. The summed E-state index contributed by atoms with van der Waals surface area (Å²) in [5.41, 5.74) is 0.856. The largest absolute Gasteiger partial charge is 0.450 e. The van der Waals surface area contributed by atoms with E-state index in [1.54, 1.807) is 0 Å². The van der Waals surface area contributed by atoms with Crippen LogP contribution in [0.5, 0.6) is 0 Å². The number of carbonyl (C=O) groups is 3. The quantitative estimate of drug-likeness (QED) is 0.354. The number of allylic oxidation sites excluding steroid dienone is 4. The van der Waals surface area contributed by atoms with Crippen LogP contribution < -0.4 is 5.32 Å². The molecule has 5 aliphatic rings. The van der Waals surface area contributed by atoms with Crippen LogP contribution in [0.4, 0.5) is 4.79 Å². The standard InChI is InChI=1S/C35H50N2O4/c1-8-37-30(40)41-17-9-11-35-15-13-31(3,4)20-25(35)28-26(38)18-27-32(5)19-23(21-36)29(39)22(2)24(32)10-12-33(27,6)34(28,7)14-16-35/h18-19,22,24-25,28H,8-17,20H2,1-7H3,(H,37,40)/t22-,24-,25?,28?,32-,33+,34+,35+/m0/s1. The molecule has 0 saturated heterocycles. The molecule has 1 N–H and O–H groups in total. The lowest BCUT2D eigenvalue weighted by Gasteiger charge is -2.69. The molecule has 0 aliphatic heterocycles. The van der Waals surface area contributed by atoms with Gasteiger partial charge in [-0.1, -0.05) is 53.2 Å². The Labute approximate surface area is 246 Å². The Balaban J connectivity index is 1.53. The number of rotatable bonds is 5. The molecule has 0 aromatic carbocycles. The maximum Gasteiger partial charge on any atom is 0.407 e. The molecule has 5 rings (SSSR count). The molecular weight excluding hydrogens is 512 g/mol. The van der Waals surface area contributed by atoms with Gasteiger partial charge < -0.3 is 10.1 Å². The summed E-state index contributed by atoms with van der Waals surface area (Å²) in [6.45, 7) is 16.5. The van der Waals surface area contributed by atoms with Crippen LogP contribution >= 0.6 is 0 Å². The highest BCUT2D eigenvalue weighted by Gasteiger charge is 2.68. The summed E-state index contributed by atoms with van der Waals surface area (Å²) < 4.78 is 5.44. The maximum atomic E-state index is 14.5. The van der Waals surface area contributed by atoms with Gasteiger partial charge in [0.05, 0.1) is 12.2 Å². The SMILES string of the molecule is CCNC(=O)OCCC[C@]12CCC(C)(C)CC1C1C(=O)C=C3[C@@]4(C)C=C(C#N)C(=O)[C@@H](C)[C@@H]4CC[C@@]3(C)[C@]1(C)CC2. The number of hydrogen-bond acceptors (Lipinski definition) is 5. The minimum atomic E-state index is -0.466. The molecule has 1 amide bonds. The fourth-order valence-electron chi connectivity index (χ4n) is 10.6. The fourth-order valence-corrected chi connectivity index (χ4v) is 10.6. The zero-order chi connectivity index (χ0) is 30.0. The second-order valence-electron chi connectivity index (χ2n) is 15.5. The molecule has 41 heavy (non-hydrogen) atoms. The Morgan fingerprint density at radius 1 is 1.07 bits per heavy atom. The number of ketones is 2. The summed E-state index contributed by atoms with van der Waals surface area (Å²) in [7, 11) is 0. The highest BCUT2D eigenvalue weighted by Crippen LogP contribution is 2.74. The van der Waals surface area contributed by atoms with E-state index in [4.69, 9.17) is 4.74 Å². The van der Waals surface area contributed by atoms with Gasteiger partial charge in [-0.15, -0.1) is 0 Å². The molecule has 3 saturated carbocycles. The van der Waals surface area contributed by atoms with Crippen molar-refractivity contribution in [3.63, 3.8) is 0 Å². The second-order valence-corrected chi connectivity index (χ2v) is 15.5. The van der Waals surface area contributed by atoms with Gasteiger partial charge in [0.2, 0.25) is 0 Å². The van der Waals surface area contributed by atoms with Gasteiger partial charge in [-0.3, -0.25) is 9.59 Å². The van der Waals surface area contributed by atoms with Gasteiger partial charge in [-0.2, -0.15) is 5.26 Å². The predicted molar refractivity (Wildman–Crippen MR) is 159 cm³/mol. The van der Waals surface area contributed by atoms with E-state index < -0.39 is 5.41 Å². The minimum absolute atomic E-state index is 0.0453. The highest BCUT2D eigenvalue weighted by molar-refractivity contribution is 6.02. The topological polar surface area (TPSA) is 96.3 Å². The number of ether oxygens (including phenoxy) is 1. The van der Waals surface area contributed by atoms with Crippen LogP contribution in [0.25, 0.3) is 0 Å². The van der Waals surface area contributed by atoms with Gasteiger partial charge in [-0.25, -0.2) is 4.79 Å². The van der Waals surface area contributed by atoms with Gasteiger partial charge >= 0.3 is 6.09 Å². The first-order valence-corrected chi connectivity index (χ1v) is 16.0. The van der Waals surface area contributed by atoms with E-state index >= 15 is 0 Å². The number of nitriles is 1. The van der Waals surface area contributed by atoms with Crippen molar-refractivity contribution in [1.29, 1.82) is 5.26 Å². The van der Waals surface area contributed by atoms with Crippen molar-refractivity contribution >= 4 is 17.7 Å². The predicted octanol–water partition coefficient (Wildman–Crippen LogP) is 7.34. The average molecular weight is 563 g/mol. The van der Waals surface area contributed by atoms with Crippen LogP contribution in [-0.2, 0) is 14.3 Å². The van der Waals surface area contributed by atoms with Gasteiger partial charge in [-0.05, 0) is 104 Å². The molecule has 2 unspecified atom stereocenters. The van der Waals surface area contributed by atoms with E-state index in [-0.39, 0.29) is 62.6 Å². The van der Waals surface area contributed by atoms with Crippen LogP contribution in [0.1, 0.15) is 106 Å². The first-order valence-electron chi connectivity index (χ1n) is 16.0. The van der Waals surface area contributed by atoms with Crippen molar-refractivity contribution in [1.82, 2.24) is 5.32 Å². The Morgan fingerprint density at radius 2 is 1.78 bits per heavy atom. The lowest BCUT2D eigenvalue weighted by molar-refractivity contribution is -0.171. The van der Waals surface area contributed by atoms with Crippen LogP contribution in [0.15, 0.2) is 23.3 Å². The Morgan fingerprint density at radius 3 is 2.46 bits per heavy atom. The van der Waals surface area contributed by atoms with Crippen molar-refractivity contribution in [2.24, 2.45) is 50.7 Å². The summed E-state index contributed by atoms with van der Waals surface area (Å²) in [6.07, 6.45) is 12.7. The normalized spacial score (nSPS) is 42.8. The van der Waals surface area contributed by atoms with E-state index in [0.717, 1.165) is 63.4 Å². The summed E-state index contributed by atoms with van der Waals surface area (Å²) in [5.74, 6) is 0.346. The molecule has 0 spiro atoms. The number of amides is 1. The first-order chi connectivity index (χ1) is 19.2. The molecule has 0 aromatic rings. The van der Waals surface area contributed by atoms with Crippen molar-refractivity contribution in [2.75, 3.05) is 13.2 Å². The summed E-state index contributed by atoms with van der Waals surface area (Å²) in [4.78, 5) is 39.4. The molecule has 0 aromatic heterocycles. The molecule has 6 heteroatoms. The summed E-state index contributed by atoms with van der Waals surface area (Å²) in [6, 6.07) is 2.18. The summed E-state index contributed by atoms with van der Waals surface area (Å²) in [5, 5.41) is 12.5. The van der Waals surface area contributed by atoms with Crippen LogP contribution in [-0.4, -0.2) is 30.8 Å². The fraction of sp³-hybridized carbons (Fsp3) is 0.771. The number of fused-ring (bicyclic) bond motifs is 7. The van der Waals surface area contributed by atoms with Crippen LogP contribution in [0.2, 0.25) is 0 Å². The zero-order valence-electron chi connectivity index (χ0n) is 26.3. The first kappa shape index (κ1) is 30.1. The number of nitrogens with one attached hydrogen (secondary N) is 1. The Hall–Kier alpha value is -2.42. The number of hydrogen-bond donors (Lipinski definition) is 1. The third-order valence-electron chi connectivity index (χ3n) is 13.1. The maximum absolute atomic E-state index is 14.5. The minimum Gasteiger partial charge on any atom is -0.450 e. The van der Waals surface area contributed by atoms with Gasteiger partial charge in [0.25, 0.3) is 0 Å². The van der Waals surface area contributed by atoms with Crippen LogP contribution in [0, 0.1) is 62.1 Å². The molecular formula is C35H50N2O4. The number of alkyl carbamates (subject to hydrolysis) is 1. The number of carbonyl (C=O) groups excluding carboxylic acids is 3. The van der Waals surface area contributed by atoms with Crippen molar-refractivity contribution in [3.8, 4) is 6.07 Å². The molecule has 0 bridgehead atoms. The van der Waals surface area contributed by atoms with E-state index in [9.17, 15) is 19.6 Å². The molecule has 0 heterocycles. The molecule has 6 nitrogen and oxygen atoms in total. The van der Waals surface area contributed by atoms with E-state index in [2.05, 4.69) is 46.0 Å². The van der Waals surface area contributed by atoms with Crippen LogP contribution in [0.3, 0.4) is 0 Å². The van der Waals surface area contributed by atoms with Gasteiger partial charge in [0.1, 0.15) is 6.07 Å².